The van der Waals surface area contributed by atoms with Crippen molar-refractivity contribution in [1.29, 1.82) is 0 Å². The fraction of sp³-hybridized carbons (Fsp3) is 0.0227. The Morgan fingerprint density at radius 3 is 1.03 bits per heavy atom. The molecule has 0 atom stereocenters. The number of fused-ring (bicyclic) bond motifs is 25. The predicted molar refractivity (Wildman–Crippen MR) is 374 cm³/mol. The summed E-state index contributed by atoms with van der Waals surface area (Å²) in [5, 5.41) is 7.25. The van der Waals surface area contributed by atoms with Crippen LogP contribution >= 0.6 is 0 Å². The summed E-state index contributed by atoms with van der Waals surface area (Å²) in [5.74, 6) is 0. The minimum atomic E-state index is -0.506. The van der Waals surface area contributed by atoms with E-state index in [1.807, 2.05) is 0 Å². The number of aromatic nitrogens is 1. The first-order valence-corrected chi connectivity index (χ1v) is 31.5. The maximum absolute atomic E-state index is 2.58. The zero-order valence-corrected chi connectivity index (χ0v) is 49.1. The Kier molecular flexibility index (Phi) is 10.2. The third-order valence-corrected chi connectivity index (χ3v) is 20.8. The number of para-hydroxylation sites is 3. The summed E-state index contributed by atoms with van der Waals surface area (Å²) < 4.78 is 2.40. The van der Waals surface area contributed by atoms with Gasteiger partial charge in [0.1, 0.15) is 0 Å². The van der Waals surface area contributed by atoms with Crippen molar-refractivity contribution in [3.63, 3.8) is 0 Å². The summed E-state index contributed by atoms with van der Waals surface area (Å²) in [6, 6.07) is 124. The molecule has 0 amide bonds. The molecular weight excluding hydrogens is 1080 g/mol. The molecule has 2 heteroatoms. The van der Waals surface area contributed by atoms with Crippen molar-refractivity contribution in [2.75, 3.05) is 4.90 Å². The maximum Gasteiger partial charge on any atom is 0.0725 e. The quantitative estimate of drug-likeness (QED) is 0.151. The third kappa shape index (κ3) is 6.41. The average molecular weight is 1140 g/mol. The van der Waals surface area contributed by atoms with Gasteiger partial charge in [-0.05, 0) is 206 Å². The van der Waals surface area contributed by atoms with Gasteiger partial charge in [-0.15, -0.1) is 0 Å². The number of anilines is 3. The van der Waals surface area contributed by atoms with Gasteiger partial charge in [0.2, 0.25) is 0 Å². The molecule has 0 fully saturated rings. The first-order chi connectivity index (χ1) is 44.7. The molecule has 0 unspecified atom stereocenters. The molecule has 2 nitrogen and oxygen atoms in total. The summed E-state index contributed by atoms with van der Waals surface area (Å²) in [6.45, 7) is 0. The first kappa shape index (κ1) is 49.5. The monoisotopic (exact) mass is 1140 g/mol. The van der Waals surface area contributed by atoms with Crippen LogP contribution in [0.5, 0.6) is 0 Å². The molecule has 0 bridgehead atoms. The molecule has 0 aliphatic heterocycles. The molecule has 90 heavy (non-hydrogen) atoms. The first-order valence-electron chi connectivity index (χ1n) is 31.5. The molecule has 1 aromatic heterocycles. The van der Waals surface area contributed by atoms with E-state index in [2.05, 4.69) is 337 Å². The van der Waals surface area contributed by atoms with Crippen LogP contribution in [-0.4, -0.2) is 4.57 Å². The molecule has 16 aromatic rings. The van der Waals surface area contributed by atoms with Crippen molar-refractivity contribution in [3.8, 4) is 72.4 Å². The zero-order chi connectivity index (χ0) is 58.8. The van der Waals surface area contributed by atoms with E-state index in [0.717, 1.165) is 22.7 Å². The highest BCUT2D eigenvalue weighted by Gasteiger charge is 2.53. The van der Waals surface area contributed by atoms with Gasteiger partial charge < -0.3 is 9.47 Å². The van der Waals surface area contributed by atoms with Crippen molar-refractivity contribution in [2.24, 2.45) is 0 Å². The number of benzene rings is 15. The number of rotatable bonds is 6. The summed E-state index contributed by atoms with van der Waals surface area (Å²) in [6.07, 6.45) is 0. The maximum atomic E-state index is 2.58. The lowest BCUT2D eigenvalue weighted by molar-refractivity contribution is 0.794. The molecule has 2 spiro atoms. The smallest absolute Gasteiger partial charge is 0.0725 e. The van der Waals surface area contributed by atoms with Crippen LogP contribution in [0, 0.1) is 0 Å². The average Bonchev–Trinajstić information content (AvgIpc) is 1.54. The normalized spacial score (nSPS) is 13.7. The summed E-state index contributed by atoms with van der Waals surface area (Å²) in [5.41, 5.74) is 31.7. The highest BCUT2D eigenvalue weighted by molar-refractivity contribution is 6.23. The number of nitrogens with zero attached hydrogens (tertiary/aromatic N) is 2. The summed E-state index contributed by atoms with van der Waals surface area (Å²) >= 11 is 0. The molecule has 20 rings (SSSR count). The SMILES string of the molecule is c1ccc(N(c2ccc3c(-c4ccc5c(c4)C4(c6ccccc6-c6ccccc64)c4ccccc4-5)c4ccccc4c(-c4ccc5c(c4)C4(c6ccccc6-c6ccccc64)c4ccccc4-5)c3c2)c2ccc3c(c2)c2ccccc2n3-c2ccccc2)cc1. The Morgan fingerprint density at radius 1 is 0.211 bits per heavy atom. The molecule has 4 aliphatic carbocycles. The van der Waals surface area contributed by atoms with E-state index in [1.54, 1.807) is 0 Å². The zero-order valence-electron chi connectivity index (χ0n) is 49.1. The van der Waals surface area contributed by atoms with E-state index in [0.29, 0.717) is 0 Å². The molecule has 15 aromatic carbocycles. The van der Waals surface area contributed by atoms with Gasteiger partial charge in [0.05, 0.1) is 21.9 Å². The summed E-state index contributed by atoms with van der Waals surface area (Å²) in [4.78, 5) is 2.47. The topological polar surface area (TPSA) is 8.17 Å². The van der Waals surface area contributed by atoms with E-state index in [4.69, 9.17) is 0 Å². The van der Waals surface area contributed by atoms with Gasteiger partial charge in [0, 0.05) is 33.5 Å². The molecule has 0 N–H and O–H groups in total. The van der Waals surface area contributed by atoms with Crippen LogP contribution in [-0.2, 0) is 10.8 Å². The fourth-order valence-electron chi connectivity index (χ4n) is 17.4. The molecular formula is C88H54N2. The molecule has 0 saturated carbocycles. The van der Waals surface area contributed by atoms with Crippen molar-refractivity contribution in [2.45, 2.75) is 10.8 Å². The standard InChI is InChI=1S/C88H54N2/c1-3-23-57(24-4-1)89(60-46-50-84-73(53-60)69-33-15-22-42-83(69)90(84)58-25-5-2-6-26-58)59-45-49-72-74(54-59)86(56-44-48-68-66-32-14-21-41-80(66)88(82(68)52-56)77-38-18-11-29-63(77)64-30-12-19-39-78(64)88)71-35-8-7-34-70(71)85(72)55-43-47-67-65-31-13-20-40-79(65)87(81(67)51-55)75-36-16-9-27-61(75)62-28-10-17-37-76(62)87/h1-54H. The molecule has 416 valence electrons. The minimum absolute atomic E-state index is 0.492. The Balaban J connectivity index is 0.876. The second kappa shape index (κ2) is 18.5. The van der Waals surface area contributed by atoms with E-state index in [1.165, 1.54) is 155 Å². The largest absolute Gasteiger partial charge is 0.310 e. The van der Waals surface area contributed by atoms with E-state index in [9.17, 15) is 0 Å². The van der Waals surface area contributed by atoms with Crippen LogP contribution in [0.15, 0.2) is 328 Å². The highest BCUT2D eigenvalue weighted by atomic mass is 15.1. The van der Waals surface area contributed by atoms with Crippen LogP contribution in [0.4, 0.5) is 17.1 Å². The number of hydrogen-bond donors (Lipinski definition) is 0. The Hall–Kier alpha value is -11.6. The molecule has 0 saturated heterocycles. The van der Waals surface area contributed by atoms with E-state index in [-0.39, 0.29) is 0 Å². The summed E-state index contributed by atoms with van der Waals surface area (Å²) in [7, 11) is 0. The molecule has 0 radical (unpaired) electrons. The Morgan fingerprint density at radius 2 is 0.556 bits per heavy atom. The predicted octanol–water partition coefficient (Wildman–Crippen LogP) is 22.6. The molecule has 1 heterocycles. The highest BCUT2D eigenvalue weighted by Crippen LogP contribution is 2.65. The van der Waals surface area contributed by atoms with Gasteiger partial charge in [-0.3, -0.25) is 0 Å². The van der Waals surface area contributed by atoms with E-state index >= 15 is 0 Å². The lowest BCUT2D eigenvalue weighted by Crippen LogP contribution is -2.25. The Labute approximate surface area is 522 Å². The Bertz CT molecular complexity index is 5620. The van der Waals surface area contributed by atoms with Crippen LogP contribution in [0.3, 0.4) is 0 Å². The van der Waals surface area contributed by atoms with Crippen LogP contribution in [0.25, 0.3) is 116 Å². The molecule has 4 aliphatic rings. The van der Waals surface area contributed by atoms with Crippen molar-refractivity contribution < 1.29 is 0 Å². The van der Waals surface area contributed by atoms with Gasteiger partial charge in [-0.2, -0.15) is 0 Å². The van der Waals surface area contributed by atoms with Crippen molar-refractivity contribution >= 4 is 60.4 Å². The van der Waals surface area contributed by atoms with Crippen molar-refractivity contribution in [1.82, 2.24) is 4.57 Å². The van der Waals surface area contributed by atoms with Gasteiger partial charge in [-0.1, -0.05) is 255 Å². The second-order valence-electron chi connectivity index (χ2n) is 24.9. The van der Waals surface area contributed by atoms with Crippen LogP contribution in [0.1, 0.15) is 44.5 Å². The van der Waals surface area contributed by atoms with Crippen LogP contribution < -0.4 is 4.90 Å². The third-order valence-electron chi connectivity index (χ3n) is 20.8. The van der Waals surface area contributed by atoms with Crippen LogP contribution in [0.2, 0.25) is 0 Å². The van der Waals surface area contributed by atoms with Crippen molar-refractivity contribution in [3.05, 3.63) is 372 Å². The second-order valence-corrected chi connectivity index (χ2v) is 24.9. The van der Waals surface area contributed by atoms with Gasteiger partial charge in [0.25, 0.3) is 0 Å². The van der Waals surface area contributed by atoms with Gasteiger partial charge in [-0.25, -0.2) is 0 Å². The minimum Gasteiger partial charge on any atom is -0.310 e. The fourth-order valence-corrected chi connectivity index (χ4v) is 17.4. The van der Waals surface area contributed by atoms with Gasteiger partial charge in [0.15, 0.2) is 0 Å². The number of hydrogen-bond acceptors (Lipinski definition) is 1. The lowest BCUT2D eigenvalue weighted by Gasteiger charge is -2.31. The van der Waals surface area contributed by atoms with E-state index < -0.39 is 10.8 Å². The van der Waals surface area contributed by atoms with Gasteiger partial charge >= 0.3 is 0 Å². The lowest BCUT2D eigenvalue weighted by atomic mass is 9.70.